The van der Waals surface area contributed by atoms with Gasteiger partial charge in [0.15, 0.2) is 0 Å². The normalized spacial score (nSPS) is 17.6. The van der Waals surface area contributed by atoms with E-state index in [1.807, 2.05) is 6.07 Å². The van der Waals surface area contributed by atoms with Gasteiger partial charge in [-0.25, -0.2) is 4.98 Å². The van der Waals surface area contributed by atoms with Gasteiger partial charge in [-0.05, 0) is 6.42 Å². The predicted octanol–water partition coefficient (Wildman–Crippen LogP) is 0.552. The number of amides is 1. The first-order chi connectivity index (χ1) is 9.10. The summed E-state index contributed by atoms with van der Waals surface area (Å²) in [5, 5.41) is 25.2. The summed E-state index contributed by atoms with van der Waals surface area (Å²) < 4.78 is 0. The summed E-state index contributed by atoms with van der Waals surface area (Å²) in [6.45, 7) is 0.436. The van der Waals surface area contributed by atoms with E-state index in [2.05, 4.69) is 15.6 Å². The number of nitro groups is 1. The number of nitriles is 1. The monoisotopic (exact) mass is 261 g/mol. The van der Waals surface area contributed by atoms with Gasteiger partial charge in [0, 0.05) is 25.1 Å². The molecule has 0 aliphatic carbocycles. The number of pyridine rings is 1. The lowest BCUT2D eigenvalue weighted by molar-refractivity contribution is -0.385. The van der Waals surface area contributed by atoms with Crippen LogP contribution in [0.15, 0.2) is 12.3 Å². The zero-order valence-electron chi connectivity index (χ0n) is 9.92. The van der Waals surface area contributed by atoms with E-state index in [-0.39, 0.29) is 29.0 Å². The molecule has 0 bridgehead atoms. The Bertz CT molecular complexity index is 566. The lowest BCUT2D eigenvalue weighted by Gasteiger charge is -2.12. The lowest BCUT2D eigenvalue weighted by Crippen LogP contribution is -2.32. The molecule has 1 aromatic heterocycles. The number of hydrogen-bond donors (Lipinski definition) is 2. The van der Waals surface area contributed by atoms with Gasteiger partial charge in [-0.2, -0.15) is 5.26 Å². The Hall–Kier alpha value is -2.69. The fourth-order valence-corrected chi connectivity index (χ4v) is 1.83. The van der Waals surface area contributed by atoms with Crippen molar-refractivity contribution in [2.24, 2.45) is 0 Å². The quantitative estimate of drug-likeness (QED) is 0.603. The van der Waals surface area contributed by atoms with E-state index in [4.69, 9.17) is 5.26 Å². The van der Waals surface area contributed by atoms with Crippen LogP contribution in [0.2, 0.25) is 0 Å². The highest BCUT2D eigenvalue weighted by Gasteiger charge is 2.21. The third kappa shape index (κ3) is 2.95. The van der Waals surface area contributed by atoms with Gasteiger partial charge in [0.2, 0.25) is 5.91 Å². The molecule has 1 unspecified atom stereocenters. The van der Waals surface area contributed by atoms with E-state index < -0.39 is 4.92 Å². The number of aromatic nitrogens is 1. The van der Waals surface area contributed by atoms with Crippen molar-refractivity contribution < 1.29 is 9.72 Å². The molecular weight excluding hydrogens is 250 g/mol. The second-order valence-electron chi connectivity index (χ2n) is 4.14. The highest BCUT2D eigenvalue weighted by Crippen LogP contribution is 2.18. The summed E-state index contributed by atoms with van der Waals surface area (Å²) in [5.41, 5.74) is -0.116. The first kappa shape index (κ1) is 12.8. The Kier molecular flexibility index (Phi) is 3.56. The minimum absolute atomic E-state index is 0.00367. The average Bonchev–Trinajstić information content (AvgIpc) is 2.81. The fourth-order valence-electron chi connectivity index (χ4n) is 1.83. The van der Waals surface area contributed by atoms with Gasteiger partial charge in [0.25, 0.3) is 5.69 Å². The second kappa shape index (κ2) is 5.30. The summed E-state index contributed by atoms with van der Waals surface area (Å²) in [4.78, 5) is 24.9. The van der Waals surface area contributed by atoms with Crippen LogP contribution in [0.1, 0.15) is 18.4 Å². The van der Waals surface area contributed by atoms with Gasteiger partial charge in [0.05, 0.1) is 4.92 Å². The molecule has 0 aromatic carbocycles. The maximum atomic E-state index is 11.0. The molecule has 2 heterocycles. The Labute approximate surface area is 108 Å². The predicted molar refractivity (Wildman–Crippen MR) is 65.3 cm³/mol. The molecule has 19 heavy (non-hydrogen) atoms. The lowest BCUT2D eigenvalue weighted by atomic mass is 10.2. The summed E-state index contributed by atoms with van der Waals surface area (Å²) in [7, 11) is 0. The van der Waals surface area contributed by atoms with Crippen molar-refractivity contribution >= 4 is 17.4 Å². The number of rotatable bonds is 4. The van der Waals surface area contributed by atoms with Crippen molar-refractivity contribution in [2.45, 2.75) is 18.9 Å². The molecule has 8 nitrogen and oxygen atoms in total. The molecule has 2 N–H and O–H groups in total. The Morgan fingerprint density at radius 3 is 3.05 bits per heavy atom. The summed E-state index contributed by atoms with van der Waals surface area (Å²) in [5.74, 6) is 0.290. The second-order valence-corrected chi connectivity index (χ2v) is 4.14. The van der Waals surface area contributed by atoms with Gasteiger partial charge in [-0.3, -0.25) is 14.9 Å². The van der Waals surface area contributed by atoms with Crippen LogP contribution in [0.3, 0.4) is 0 Å². The zero-order valence-corrected chi connectivity index (χ0v) is 9.92. The summed E-state index contributed by atoms with van der Waals surface area (Å²) >= 11 is 0. The molecule has 1 aliphatic heterocycles. The largest absolute Gasteiger partial charge is 0.367 e. The summed E-state index contributed by atoms with van der Waals surface area (Å²) in [6, 6.07) is 3.02. The van der Waals surface area contributed by atoms with Gasteiger partial charge < -0.3 is 10.6 Å². The van der Waals surface area contributed by atoms with Gasteiger partial charge in [-0.15, -0.1) is 0 Å². The first-order valence-corrected chi connectivity index (χ1v) is 5.68. The molecule has 1 saturated heterocycles. The smallest absolute Gasteiger partial charge is 0.289 e. The van der Waals surface area contributed by atoms with Crippen molar-refractivity contribution in [3.05, 3.63) is 27.9 Å². The maximum absolute atomic E-state index is 11.0. The molecule has 8 heteroatoms. The van der Waals surface area contributed by atoms with E-state index in [0.717, 1.165) is 12.6 Å². The Morgan fingerprint density at radius 2 is 2.47 bits per heavy atom. The van der Waals surface area contributed by atoms with E-state index in [1.54, 1.807) is 0 Å². The van der Waals surface area contributed by atoms with E-state index in [1.165, 1.54) is 6.07 Å². The third-order valence-corrected chi connectivity index (χ3v) is 2.81. The third-order valence-electron chi connectivity index (χ3n) is 2.81. The topological polar surface area (TPSA) is 121 Å². The molecule has 2 rings (SSSR count). The fraction of sp³-hybridized carbons (Fsp3) is 0.364. The van der Waals surface area contributed by atoms with E-state index in [0.29, 0.717) is 13.0 Å². The maximum Gasteiger partial charge on any atom is 0.289 e. The molecule has 98 valence electrons. The molecule has 1 aliphatic rings. The summed E-state index contributed by atoms with van der Waals surface area (Å²) in [6.07, 6.45) is 2.31. The van der Waals surface area contributed by atoms with Crippen LogP contribution in [0.5, 0.6) is 0 Å². The van der Waals surface area contributed by atoms with Gasteiger partial charge >= 0.3 is 0 Å². The number of hydrogen-bond acceptors (Lipinski definition) is 6. The molecule has 1 fully saturated rings. The molecule has 0 radical (unpaired) electrons. The van der Waals surface area contributed by atoms with Crippen LogP contribution >= 0.6 is 0 Å². The Balaban J connectivity index is 2.06. The minimum atomic E-state index is -0.602. The SMILES string of the molecule is N#Cc1cc([N+](=O)[O-])cnc1NCC1CCC(=O)N1. The van der Waals surface area contributed by atoms with Crippen molar-refractivity contribution in [3.63, 3.8) is 0 Å². The van der Waals surface area contributed by atoms with Crippen LogP contribution in [0.4, 0.5) is 11.5 Å². The van der Waals surface area contributed by atoms with Crippen molar-refractivity contribution in [2.75, 3.05) is 11.9 Å². The van der Waals surface area contributed by atoms with Crippen LogP contribution < -0.4 is 10.6 Å². The first-order valence-electron chi connectivity index (χ1n) is 5.68. The van der Waals surface area contributed by atoms with Crippen molar-refractivity contribution in [1.82, 2.24) is 10.3 Å². The van der Waals surface area contributed by atoms with Crippen molar-refractivity contribution in [3.8, 4) is 6.07 Å². The van der Waals surface area contributed by atoms with Gasteiger partial charge in [-0.1, -0.05) is 0 Å². The van der Waals surface area contributed by atoms with E-state index >= 15 is 0 Å². The molecule has 1 atom stereocenters. The van der Waals surface area contributed by atoms with Crippen LogP contribution in [-0.2, 0) is 4.79 Å². The average molecular weight is 261 g/mol. The van der Waals surface area contributed by atoms with Crippen LogP contribution in [-0.4, -0.2) is 28.4 Å². The molecule has 1 amide bonds. The molecule has 0 spiro atoms. The number of anilines is 1. The van der Waals surface area contributed by atoms with Crippen molar-refractivity contribution in [1.29, 1.82) is 5.26 Å². The van der Waals surface area contributed by atoms with E-state index in [9.17, 15) is 14.9 Å². The van der Waals surface area contributed by atoms with Crippen LogP contribution in [0, 0.1) is 21.4 Å². The van der Waals surface area contributed by atoms with Crippen LogP contribution in [0.25, 0.3) is 0 Å². The number of carbonyl (C=O) groups is 1. The highest BCUT2D eigenvalue weighted by molar-refractivity contribution is 5.78. The number of nitrogens with one attached hydrogen (secondary N) is 2. The van der Waals surface area contributed by atoms with Gasteiger partial charge in [0.1, 0.15) is 23.6 Å². The standard InChI is InChI=1S/C11H11N5O3/c12-4-7-3-9(16(18)19)6-14-11(7)13-5-8-1-2-10(17)15-8/h3,6,8H,1-2,5H2,(H,13,14)(H,15,17). The zero-order chi connectivity index (χ0) is 13.8. The highest BCUT2D eigenvalue weighted by atomic mass is 16.6. The minimum Gasteiger partial charge on any atom is -0.367 e. The molecule has 1 aromatic rings. The Morgan fingerprint density at radius 1 is 1.68 bits per heavy atom. The molecular formula is C11H11N5O3. The number of nitrogens with zero attached hydrogens (tertiary/aromatic N) is 3. The number of carbonyl (C=O) groups excluding carboxylic acids is 1. The molecule has 0 saturated carbocycles.